The summed E-state index contributed by atoms with van der Waals surface area (Å²) >= 11 is 0. The molecule has 3 heterocycles. The Labute approximate surface area is 179 Å². The van der Waals surface area contributed by atoms with Crippen LogP contribution in [0.25, 0.3) is 22.7 Å². The van der Waals surface area contributed by atoms with Gasteiger partial charge in [0, 0.05) is 37.4 Å². The van der Waals surface area contributed by atoms with Crippen LogP contribution < -0.4 is 4.90 Å². The van der Waals surface area contributed by atoms with Crippen LogP contribution >= 0.6 is 0 Å². The Kier molecular flexibility index (Phi) is 5.13. The van der Waals surface area contributed by atoms with E-state index in [1.807, 2.05) is 49.4 Å². The summed E-state index contributed by atoms with van der Waals surface area (Å²) in [7, 11) is 0. The van der Waals surface area contributed by atoms with E-state index in [1.165, 1.54) is 0 Å². The fraction of sp³-hybridized carbons (Fsp3) is 0.261. The Morgan fingerprint density at radius 3 is 2.42 bits per heavy atom. The smallest absolute Gasteiger partial charge is 0.253 e. The third kappa shape index (κ3) is 4.02. The predicted molar refractivity (Wildman–Crippen MR) is 116 cm³/mol. The average Bonchev–Trinajstić information content (AvgIpc) is 3.41. The van der Waals surface area contributed by atoms with Crippen LogP contribution in [0.1, 0.15) is 11.7 Å². The molecule has 0 saturated carbocycles. The van der Waals surface area contributed by atoms with Gasteiger partial charge in [0.2, 0.25) is 5.89 Å². The summed E-state index contributed by atoms with van der Waals surface area (Å²) in [6.45, 7) is 6.02. The lowest BCUT2D eigenvalue weighted by molar-refractivity contribution is 0.227. The Balaban J connectivity index is 1.26. The van der Waals surface area contributed by atoms with Gasteiger partial charge in [0.15, 0.2) is 0 Å². The van der Waals surface area contributed by atoms with E-state index >= 15 is 0 Å². The molecule has 0 radical (unpaired) electrons. The second-order valence-corrected chi connectivity index (χ2v) is 7.61. The molecule has 31 heavy (non-hydrogen) atoms. The van der Waals surface area contributed by atoms with Gasteiger partial charge in [0.05, 0.1) is 6.54 Å². The predicted octanol–water partition coefficient (Wildman–Crippen LogP) is 3.73. The molecular formula is C23H23N5O3. The normalized spacial score (nSPS) is 14.8. The zero-order valence-electron chi connectivity index (χ0n) is 17.2. The summed E-state index contributed by atoms with van der Waals surface area (Å²) in [5, 5.41) is 22.2. The summed E-state index contributed by atoms with van der Waals surface area (Å²) in [6.07, 6.45) is 0. The number of rotatable bonds is 5. The van der Waals surface area contributed by atoms with Crippen molar-refractivity contribution in [2.75, 3.05) is 31.1 Å². The first-order valence-corrected chi connectivity index (χ1v) is 10.3. The fourth-order valence-electron chi connectivity index (χ4n) is 3.85. The van der Waals surface area contributed by atoms with Crippen molar-refractivity contribution in [2.24, 2.45) is 0 Å². The van der Waals surface area contributed by atoms with Crippen LogP contribution in [0.15, 0.2) is 63.5 Å². The Bertz CT molecular complexity index is 1150. The summed E-state index contributed by atoms with van der Waals surface area (Å²) in [5.74, 6) is 1.94. The molecule has 8 nitrogen and oxygen atoms in total. The number of piperazine rings is 1. The number of aryl methyl sites for hydroxylation is 1. The third-order valence-corrected chi connectivity index (χ3v) is 5.54. The fourth-order valence-corrected chi connectivity index (χ4v) is 3.85. The molecule has 1 aliphatic heterocycles. The molecule has 1 fully saturated rings. The molecule has 5 rings (SSSR count). The Hall–Kier alpha value is -3.65. The van der Waals surface area contributed by atoms with Gasteiger partial charge in [-0.05, 0) is 31.2 Å². The van der Waals surface area contributed by atoms with E-state index < -0.39 is 0 Å². The molecule has 0 unspecified atom stereocenters. The molecule has 0 atom stereocenters. The van der Waals surface area contributed by atoms with Gasteiger partial charge in [-0.2, -0.15) is 0 Å². The highest BCUT2D eigenvalue weighted by atomic mass is 16.5. The Morgan fingerprint density at radius 2 is 1.68 bits per heavy atom. The number of aromatic hydroxyl groups is 1. The van der Waals surface area contributed by atoms with E-state index in [2.05, 4.69) is 25.2 Å². The largest absolute Gasteiger partial charge is 0.508 e. The maximum atomic E-state index is 9.47. The molecule has 0 spiro atoms. The lowest BCUT2D eigenvalue weighted by Crippen LogP contribution is -2.46. The molecule has 2 aromatic carbocycles. The van der Waals surface area contributed by atoms with Crippen LogP contribution in [-0.2, 0) is 6.54 Å². The van der Waals surface area contributed by atoms with E-state index in [0.29, 0.717) is 29.8 Å². The summed E-state index contributed by atoms with van der Waals surface area (Å²) in [4.78, 5) is 4.61. The number of nitrogens with zero attached hydrogens (tertiary/aromatic N) is 5. The van der Waals surface area contributed by atoms with Gasteiger partial charge >= 0.3 is 0 Å². The summed E-state index contributed by atoms with van der Waals surface area (Å²) in [6, 6.07) is 17.2. The zero-order valence-corrected chi connectivity index (χ0v) is 17.2. The van der Waals surface area contributed by atoms with E-state index in [0.717, 1.165) is 43.0 Å². The van der Waals surface area contributed by atoms with Gasteiger partial charge < -0.3 is 18.9 Å². The van der Waals surface area contributed by atoms with E-state index in [1.54, 1.807) is 12.1 Å². The second kappa shape index (κ2) is 8.23. The number of phenols is 1. The topological polar surface area (TPSA) is 91.7 Å². The van der Waals surface area contributed by atoms with Gasteiger partial charge in [0.1, 0.15) is 22.8 Å². The molecule has 158 valence electrons. The SMILES string of the molecule is Cc1onc(-c2ccccc2)c1-c1nnc(CN2CCN(c3ccc(O)cc3)CC2)o1. The molecule has 4 aromatic rings. The quantitative estimate of drug-likeness (QED) is 0.525. The van der Waals surface area contributed by atoms with Crippen molar-refractivity contribution in [1.29, 1.82) is 0 Å². The van der Waals surface area contributed by atoms with Crippen molar-refractivity contribution < 1.29 is 14.0 Å². The molecule has 1 aliphatic rings. The van der Waals surface area contributed by atoms with Crippen LogP contribution in [0.2, 0.25) is 0 Å². The highest BCUT2D eigenvalue weighted by molar-refractivity contribution is 5.77. The van der Waals surface area contributed by atoms with Crippen LogP contribution in [-0.4, -0.2) is 51.5 Å². The van der Waals surface area contributed by atoms with Crippen molar-refractivity contribution in [1.82, 2.24) is 20.3 Å². The molecule has 0 aliphatic carbocycles. The van der Waals surface area contributed by atoms with Crippen molar-refractivity contribution in [2.45, 2.75) is 13.5 Å². The van der Waals surface area contributed by atoms with Crippen molar-refractivity contribution in [3.63, 3.8) is 0 Å². The molecule has 0 amide bonds. The maximum absolute atomic E-state index is 9.47. The highest BCUT2D eigenvalue weighted by Gasteiger charge is 2.23. The van der Waals surface area contributed by atoms with Crippen LogP contribution in [0.5, 0.6) is 5.75 Å². The lowest BCUT2D eigenvalue weighted by atomic mass is 10.1. The van der Waals surface area contributed by atoms with E-state index in [4.69, 9.17) is 8.94 Å². The number of aromatic nitrogens is 3. The minimum atomic E-state index is 0.285. The molecule has 1 saturated heterocycles. The standard InChI is InChI=1S/C23H23N5O3/c1-16-21(22(26-31-16)17-5-3-2-4-6-17)23-25-24-20(30-23)15-27-11-13-28(14-12-27)18-7-9-19(29)10-8-18/h2-10,29H,11-15H2,1H3. The number of hydrogen-bond acceptors (Lipinski definition) is 8. The third-order valence-electron chi connectivity index (χ3n) is 5.54. The first-order valence-electron chi connectivity index (χ1n) is 10.3. The minimum Gasteiger partial charge on any atom is -0.508 e. The number of benzene rings is 2. The second-order valence-electron chi connectivity index (χ2n) is 7.61. The van der Waals surface area contributed by atoms with Gasteiger partial charge in [-0.25, -0.2) is 0 Å². The first kappa shape index (κ1) is 19.3. The van der Waals surface area contributed by atoms with E-state index in [-0.39, 0.29) is 5.75 Å². The summed E-state index contributed by atoms with van der Waals surface area (Å²) < 4.78 is 11.4. The van der Waals surface area contributed by atoms with Crippen LogP contribution in [0.3, 0.4) is 0 Å². The monoisotopic (exact) mass is 417 g/mol. The highest BCUT2D eigenvalue weighted by Crippen LogP contribution is 2.33. The molecule has 0 bridgehead atoms. The number of anilines is 1. The Morgan fingerprint density at radius 1 is 0.935 bits per heavy atom. The maximum Gasteiger partial charge on any atom is 0.253 e. The first-order chi connectivity index (χ1) is 15.2. The average molecular weight is 417 g/mol. The molecule has 8 heteroatoms. The summed E-state index contributed by atoms with van der Waals surface area (Å²) in [5.41, 5.74) is 3.51. The van der Waals surface area contributed by atoms with Gasteiger partial charge in [0.25, 0.3) is 5.89 Å². The van der Waals surface area contributed by atoms with E-state index in [9.17, 15) is 5.11 Å². The van der Waals surface area contributed by atoms with Crippen LogP contribution in [0.4, 0.5) is 5.69 Å². The van der Waals surface area contributed by atoms with Crippen molar-refractivity contribution >= 4 is 5.69 Å². The lowest BCUT2D eigenvalue weighted by Gasteiger charge is -2.35. The molecule has 1 N–H and O–H groups in total. The van der Waals surface area contributed by atoms with Gasteiger partial charge in [-0.3, -0.25) is 4.90 Å². The number of phenolic OH excluding ortho intramolecular Hbond substituents is 1. The van der Waals surface area contributed by atoms with Crippen molar-refractivity contribution in [3.8, 4) is 28.5 Å². The minimum absolute atomic E-state index is 0.285. The van der Waals surface area contributed by atoms with Gasteiger partial charge in [-0.1, -0.05) is 35.5 Å². The number of hydrogen-bond donors (Lipinski definition) is 1. The van der Waals surface area contributed by atoms with Crippen molar-refractivity contribution in [3.05, 3.63) is 66.2 Å². The zero-order chi connectivity index (χ0) is 21.2. The molecular weight excluding hydrogens is 394 g/mol. The van der Waals surface area contributed by atoms with Crippen LogP contribution in [0, 0.1) is 6.92 Å². The van der Waals surface area contributed by atoms with Gasteiger partial charge in [-0.15, -0.1) is 10.2 Å². The molecule has 2 aromatic heterocycles.